The molecule has 0 bridgehead atoms. The first kappa shape index (κ1) is 15.0. The van der Waals surface area contributed by atoms with Gasteiger partial charge in [-0.05, 0) is 48.3 Å². The number of carbonyl (C=O) groups is 1. The lowest BCUT2D eigenvalue weighted by Gasteiger charge is -2.55. The number of ketones is 1. The summed E-state index contributed by atoms with van der Waals surface area (Å²) in [7, 11) is 0. The van der Waals surface area contributed by atoms with Crippen molar-refractivity contribution in [3.8, 4) is 0 Å². The van der Waals surface area contributed by atoms with Crippen LogP contribution < -0.4 is 5.32 Å². The molecule has 2 aliphatic carbocycles. The lowest BCUT2D eigenvalue weighted by atomic mass is 9.49. The molecule has 1 spiro atoms. The number of Topliss-reactive ketones (excluding diaryl/α,β-unsaturated/α-hetero) is 1. The maximum atomic E-state index is 13.1. The van der Waals surface area contributed by atoms with Gasteiger partial charge in [0.15, 0.2) is 11.9 Å². The van der Waals surface area contributed by atoms with E-state index in [0.29, 0.717) is 18.1 Å². The number of pyridine rings is 1. The second-order valence-corrected chi connectivity index (χ2v) is 8.62. The van der Waals surface area contributed by atoms with Crippen LogP contribution in [0, 0.1) is 10.8 Å². The van der Waals surface area contributed by atoms with Crippen LogP contribution in [0.1, 0.15) is 51.0 Å². The molecule has 3 heterocycles. The summed E-state index contributed by atoms with van der Waals surface area (Å²) >= 11 is 0. The second kappa shape index (κ2) is 4.87. The summed E-state index contributed by atoms with van der Waals surface area (Å²) in [5.41, 5.74) is 4.47. The van der Waals surface area contributed by atoms with Crippen LogP contribution in [0.4, 0.5) is 0 Å². The lowest BCUT2D eigenvalue weighted by Crippen LogP contribution is -2.53. The number of nitrogens with one attached hydrogen (secondary N) is 1. The highest BCUT2D eigenvalue weighted by Gasteiger charge is 2.58. The zero-order chi connectivity index (χ0) is 17.2. The molecule has 1 N–H and O–H groups in total. The molecule has 0 saturated heterocycles. The third kappa shape index (κ3) is 2.08. The lowest BCUT2D eigenvalue weighted by molar-refractivity contribution is -0.120. The number of carbonyl (C=O) groups excluding carboxylic acids is 1. The Hall–Kier alpha value is -2.30. The second-order valence-electron chi connectivity index (χ2n) is 8.62. The van der Waals surface area contributed by atoms with Crippen molar-refractivity contribution in [1.82, 2.24) is 10.3 Å². The minimum absolute atomic E-state index is 0.00925. The number of allylic oxidation sites excluding steroid dienone is 2. The van der Waals surface area contributed by atoms with Crippen LogP contribution in [-0.2, 0) is 4.79 Å². The van der Waals surface area contributed by atoms with E-state index in [1.165, 1.54) is 11.1 Å². The Labute approximate surface area is 147 Å². The maximum absolute atomic E-state index is 13.1. The minimum atomic E-state index is -0.170. The Morgan fingerprint density at radius 1 is 1.16 bits per heavy atom. The molecular formula is C20H22N4O. The van der Waals surface area contributed by atoms with Gasteiger partial charge in [0.2, 0.25) is 0 Å². The van der Waals surface area contributed by atoms with Gasteiger partial charge in [-0.1, -0.05) is 13.8 Å². The Bertz CT molecular complexity index is 844. The molecule has 1 saturated carbocycles. The first-order chi connectivity index (χ1) is 12.0. The van der Waals surface area contributed by atoms with Gasteiger partial charge in [0.25, 0.3) is 0 Å². The van der Waals surface area contributed by atoms with E-state index in [-0.39, 0.29) is 17.0 Å². The van der Waals surface area contributed by atoms with E-state index < -0.39 is 0 Å². The average molecular weight is 334 g/mol. The molecular weight excluding hydrogens is 312 g/mol. The summed E-state index contributed by atoms with van der Waals surface area (Å²) in [5, 5.41) is 12.0. The molecule has 0 amide bonds. The van der Waals surface area contributed by atoms with E-state index in [0.717, 1.165) is 30.5 Å². The highest BCUT2D eigenvalue weighted by atomic mass is 16.1. The number of hydrogen-bond donors (Lipinski definition) is 1. The minimum Gasteiger partial charge on any atom is -0.362 e. The van der Waals surface area contributed by atoms with Gasteiger partial charge >= 0.3 is 0 Å². The van der Waals surface area contributed by atoms with E-state index in [1.807, 2.05) is 18.6 Å². The monoisotopic (exact) mass is 334 g/mol. The SMILES string of the molecule is CC1(C)CC(=O)C2=C(C1)NC1N=NC=C1C21CC(c2ccncc2)C1. The average Bonchev–Trinajstić information content (AvgIpc) is 2.98. The van der Waals surface area contributed by atoms with Crippen molar-refractivity contribution in [3.63, 3.8) is 0 Å². The van der Waals surface area contributed by atoms with Crippen molar-refractivity contribution < 1.29 is 4.79 Å². The van der Waals surface area contributed by atoms with Crippen LogP contribution in [0.15, 0.2) is 57.8 Å². The molecule has 1 fully saturated rings. The van der Waals surface area contributed by atoms with Gasteiger partial charge in [0.05, 0.1) is 6.20 Å². The zero-order valence-electron chi connectivity index (χ0n) is 14.6. The number of fused-ring (bicyclic) bond motifs is 3. The smallest absolute Gasteiger partial charge is 0.164 e. The van der Waals surface area contributed by atoms with Crippen molar-refractivity contribution in [2.24, 2.45) is 21.1 Å². The predicted molar refractivity (Wildman–Crippen MR) is 93.6 cm³/mol. The molecule has 128 valence electrons. The quantitative estimate of drug-likeness (QED) is 0.848. The fourth-order valence-electron chi connectivity index (χ4n) is 5.19. The molecule has 25 heavy (non-hydrogen) atoms. The van der Waals surface area contributed by atoms with Gasteiger partial charge in [0.1, 0.15) is 0 Å². The van der Waals surface area contributed by atoms with Crippen LogP contribution in [0.25, 0.3) is 0 Å². The summed E-state index contributed by atoms with van der Waals surface area (Å²) in [5.74, 6) is 0.776. The number of rotatable bonds is 1. The van der Waals surface area contributed by atoms with Crippen LogP contribution in [0.3, 0.4) is 0 Å². The van der Waals surface area contributed by atoms with Crippen molar-refractivity contribution >= 4 is 5.78 Å². The fourth-order valence-corrected chi connectivity index (χ4v) is 5.19. The number of azo groups is 1. The van der Waals surface area contributed by atoms with E-state index in [4.69, 9.17) is 0 Å². The summed E-state index contributed by atoms with van der Waals surface area (Å²) < 4.78 is 0. The molecule has 5 nitrogen and oxygen atoms in total. The molecule has 1 atom stereocenters. The van der Waals surface area contributed by atoms with Gasteiger partial charge in [-0.25, -0.2) is 0 Å². The van der Waals surface area contributed by atoms with Crippen molar-refractivity contribution in [2.75, 3.05) is 0 Å². The highest BCUT2D eigenvalue weighted by Crippen LogP contribution is 2.64. The standard InChI is InChI=1S/C20H22N4O/c1-19(2)9-15-17(16(25)10-19)20(14-11-22-24-18(14)23-15)7-13(8-20)12-3-5-21-6-4-12/h3-6,11,13,18,23H,7-10H2,1-2H3. The normalized spacial score (nSPS) is 35.0. The first-order valence-corrected chi connectivity index (χ1v) is 9.02. The molecule has 1 unspecified atom stereocenters. The van der Waals surface area contributed by atoms with Gasteiger partial charge in [0, 0.05) is 41.1 Å². The molecule has 5 rings (SSSR count). The third-order valence-corrected chi connectivity index (χ3v) is 6.26. The van der Waals surface area contributed by atoms with E-state index >= 15 is 0 Å². The van der Waals surface area contributed by atoms with Gasteiger partial charge in [-0.3, -0.25) is 9.78 Å². The Balaban J connectivity index is 1.56. The number of hydrogen-bond acceptors (Lipinski definition) is 5. The number of aromatic nitrogens is 1. The summed E-state index contributed by atoms with van der Waals surface area (Å²) in [4.78, 5) is 17.2. The Morgan fingerprint density at radius 3 is 2.68 bits per heavy atom. The predicted octanol–water partition coefficient (Wildman–Crippen LogP) is 3.87. The Kier molecular flexibility index (Phi) is 2.92. The fraction of sp³-hybridized carbons (Fsp3) is 0.500. The summed E-state index contributed by atoms with van der Waals surface area (Å²) in [6, 6.07) is 4.18. The van der Waals surface area contributed by atoms with Crippen molar-refractivity contribution in [2.45, 2.75) is 51.6 Å². The van der Waals surface area contributed by atoms with Gasteiger partial charge < -0.3 is 5.32 Å². The molecule has 1 aromatic rings. The summed E-state index contributed by atoms with van der Waals surface area (Å²) in [6.07, 6.45) is 8.98. The summed E-state index contributed by atoms with van der Waals surface area (Å²) in [6.45, 7) is 4.34. The van der Waals surface area contributed by atoms with Crippen LogP contribution in [0.2, 0.25) is 0 Å². The highest BCUT2D eigenvalue weighted by molar-refractivity contribution is 6.00. The van der Waals surface area contributed by atoms with Crippen LogP contribution in [0.5, 0.6) is 0 Å². The topological polar surface area (TPSA) is 66.7 Å². The third-order valence-electron chi connectivity index (χ3n) is 6.26. The number of nitrogens with zero attached hydrogens (tertiary/aromatic N) is 3. The van der Waals surface area contributed by atoms with Crippen molar-refractivity contribution in [1.29, 1.82) is 0 Å². The first-order valence-electron chi connectivity index (χ1n) is 9.02. The molecule has 5 heteroatoms. The van der Waals surface area contributed by atoms with Crippen LogP contribution >= 0.6 is 0 Å². The largest absolute Gasteiger partial charge is 0.362 e. The van der Waals surface area contributed by atoms with Gasteiger partial charge in [-0.2, -0.15) is 10.2 Å². The maximum Gasteiger partial charge on any atom is 0.164 e. The molecule has 1 aromatic heterocycles. The van der Waals surface area contributed by atoms with Crippen molar-refractivity contribution in [3.05, 3.63) is 53.1 Å². The molecule has 2 aliphatic heterocycles. The molecule has 4 aliphatic rings. The van der Waals surface area contributed by atoms with E-state index in [2.05, 4.69) is 46.5 Å². The molecule has 0 radical (unpaired) electrons. The zero-order valence-corrected chi connectivity index (χ0v) is 14.6. The van der Waals surface area contributed by atoms with Gasteiger partial charge in [-0.15, -0.1) is 0 Å². The van der Waals surface area contributed by atoms with E-state index in [1.54, 1.807) is 0 Å². The Morgan fingerprint density at radius 2 is 1.92 bits per heavy atom. The van der Waals surface area contributed by atoms with Crippen LogP contribution in [-0.4, -0.2) is 16.9 Å². The molecule has 0 aromatic carbocycles. The van der Waals surface area contributed by atoms with E-state index in [9.17, 15) is 4.79 Å².